The van der Waals surface area contributed by atoms with Crippen molar-refractivity contribution in [2.75, 3.05) is 14.1 Å². The number of hydrogen-bond acceptors (Lipinski definition) is 2. The van der Waals surface area contributed by atoms with Gasteiger partial charge in [0.25, 0.3) is 0 Å². The summed E-state index contributed by atoms with van der Waals surface area (Å²) in [7, 11) is 4.22. The van der Waals surface area contributed by atoms with Gasteiger partial charge in [0.2, 0.25) is 0 Å². The Hall–Kier alpha value is -0.220. The van der Waals surface area contributed by atoms with Crippen molar-refractivity contribution in [2.45, 2.75) is 51.6 Å². The van der Waals surface area contributed by atoms with Crippen LogP contribution in [0.1, 0.15) is 39.5 Å². The Kier molecular flexibility index (Phi) is 5.12. The van der Waals surface area contributed by atoms with E-state index in [4.69, 9.17) is 24.4 Å². The Balaban J connectivity index is 2.78. The minimum absolute atomic E-state index is 0.522. The first-order valence-electron chi connectivity index (χ1n) is 5.92. The van der Waals surface area contributed by atoms with E-state index < -0.39 is 0 Å². The molecule has 2 atom stereocenters. The SMILES string of the molecule is CC(=S)N(C)[C@@H]1CCCC[C@@H]1N(C)C(C)=S. The van der Waals surface area contributed by atoms with Gasteiger partial charge in [-0.1, -0.05) is 37.3 Å². The summed E-state index contributed by atoms with van der Waals surface area (Å²) in [6.45, 7) is 4.01. The lowest BCUT2D eigenvalue weighted by Gasteiger charge is -2.43. The van der Waals surface area contributed by atoms with Crippen LogP contribution in [0.2, 0.25) is 0 Å². The van der Waals surface area contributed by atoms with Gasteiger partial charge in [-0.25, -0.2) is 0 Å². The Morgan fingerprint density at radius 2 is 1.19 bits per heavy atom. The van der Waals surface area contributed by atoms with Crippen LogP contribution in [0.5, 0.6) is 0 Å². The van der Waals surface area contributed by atoms with Crippen molar-refractivity contribution in [3.8, 4) is 0 Å². The zero-order chi connectivity index (χ0) is 12.3. The van der Waals surface area contributed by atoms with E-state index >= 15 is 0 Å². The highest BCUT2D eigenvalue weighted by Crippen LogP contribution is 2.26. The molecule has 2 nitrogen and oxygen atoms in total. The summed E-state index contributed by atoms with van der Waals surface area (Å²) in [6.07, 6.45) is 5.06. The molecule has 0 unspecified atom stereocenters. The van der Waals surface area contributed by atoms with Crippen LogP contribution in [0.3, 0.4) is 0 Å². The summed E-state index contributed by atoms with van der Waals surface area (Å²) < 4.78 is 0. The number of rotatable bonds is 2. The lowest BCUT2D eigenvalue weighted by Crippen LogP contribution is -2.52. The van der Waals surface area contributed by atoms with Crippen molar-refractivity contribution in [1.82, 2.24) is 9.80 Å². The summed E-state index contributed by atoms with van der Waals surface area (Å²) in [5, 5.41) is 0. The maximum absolute atomic E-state index is 5.28. The van der Waals surface area contributed by atoms with Gasteiger partial charge in [0.15, 0.2) is 0 Å². The highest BCUT2D eigenvalue weighted by molar-refractivity contribution is 7.80. The molecule has 0 aliphatic heterocycles. The van der Waals surface area contributed by atoms with Crippen LogP contribution in [0, 0.1) is 0 Å². The predicted molar refractivity (Wildman–Crippen MR) is 78.1 cm³/mol. The molecule has 0 aromatic rings. The van der Waals surface area contributed by atoms with E-state index in [0.29, 0.717) is 12.1 Å². The molecule has 0 aromatic carbocycles. The third kappa shape index (κ3) is 3.14. The second-order valence-corrected chi connectivity index (χ2v) is 5.86. The first-order chi connectivity index (χ1) is 7.45. The van der Waals surface area contributed by atoms with Gasteiger partial charge in [0, 0.05) is 26.2 Å². The highest BCUT2D eigenvalue weighted by atomic mass is 32.1. The van der Waals surface area contributed by atoms with Crippen molar-refractivity contribution in [3.05, 3.63) is 0 Å². The van der Waals surface area contributed by atoms with Gasteiger partial charge in [0.1, 0.15) is 0 Å². The molecule has 1 rings (SSSR count). The number of thiocarbonyl (C=S) groups is 2. The van der Waals surface area contributed by atoms with Gasteiger partial charge >= 0.3 is 0 Å². The average molecular weight is 258 g/mol. The first kappa shape index (κ1) is 13.8. The van der Waals surface area contributed by atoms with Crippen LogP contribution in [-0.4, -0.2) is 46.0 Å². The quantitative estimate of drug-likeness (QED) is 0.702. The van der Waals surface area contributed by atoms with Gasteiger partial charge < -0.3 is 9.80 Å². The maximum Gasteiger partial charge on any atom is 0.0748 e. The van der Waals surface area contributed by atoms with Crippen LogP contribution in [0.15, 0.2) is 0 Å². The largest absolute Gasteiger partial charge is 0.364 e. The normalized spacial score (nSPS) is 25.0. The molecule has 1 aliphatic carbocycles. The number of nitrogens with zero attached hydrogens (tertiary/aromatic N) is 2. The maximum atomic E-state index is 5.28. The standard InChI is InChI=1S/C12H22N2S2/c1-9(15)13(3)11-7-5-6-8-12(11)14(4)10(2)16/h11-12H,5-8H2,1-4H3/t11-,12+. The van der Waals surface area contributed by atoms with E-state index in [1.165, 1.54) is 25.7 Å². The molecule has 0 spiro atoms. The Bertz CT molecular complexity index is 250. The second kappa shape index (κ2) is 5.92. The zero-order valence-electron chi connectivity index (χ0n) is 10.7. The lowest BCUT2D eigenvalue weighted by atomic mass is 9.88. The highest BCUT2D eigenvalue weighted by Gasteiger charge is 2.31. The van der Waals surface area contributed by atoms with E-state index in [2.05, 4.69) is 23.9 Å². The summed E-state index contributed by atoms with van der Waals surface area (Å²) >= 11 is 10.6. The van der Waals surface area contributed by atoms with E-state index in [1.54, 1.807) is 0 Å². The van der Waals surface area contributed by atoms with E-state index in [1.807, 2.05) is 13.8 Å². The fourth-order valence-electron chi connectivity index (χ4n) is 2.46. The summed E-state index contributed by atoms with van der Waals surface area (Å²) in [5.74, 6) is 0. The average Bonchev–Trinajstić information content (AvgIpc) is 2.26. The smallest absolute Gasteiger partial charge is 0.0748 e. The summed E-state index contributed by atoms with van der Waals surface area (Å²) in [5.41, 5.74) is 0. The molecular weight excluding hydrogens is 236 g/mol. The van der Waals surface area contributed by atoms with Crippen LogP contribution < -0.4 is 0 Å². The minimum atomic E-state index is 0.522. The molecule has 16 heavy (non-hydrogen) atoms. The van der Waals surface area contributed by atoms with Gasteiger partial charge in [-0.3, -0.25) is 0 Å². The van der Waals surface area contributed by atoms with Crippen LogP contribution >= 0.6 is 24.4 Å². The lowest BCUT2D eigenvalue weighted by molar-refractivity contribution is 0.163. The molecule has 92 valence electrons. The third-order valence-electron chi connectivity index (χ3n) is 3.68. The van der Waals surface area contributed by atoms with Gasteiger partial charge in [-0.2, -0.15) is 0 Å². The molecule has 1 saturated carbocycles. The second-order valence-electron chi connectivity index (χ2n) is 4.68. The monoisotopic (exact) mass is 258 g/mol. The van der Waals surface area contributed by atoms with E-state index in [-0.39, 0.29) is 0 Å². The fraction of sp³-hybridized carbons (Fsp3) is 0.833. The number of hydrogen-bond donors (Lipinski definition) is 0. The summed E-state index contributed by atoms with van der Waals surface area (Å²) in [4.78, 5) is 6.45. The Morgan fingerprint density at radius 3 is 1.44 bits per heavy atom. The van der Waals surface area contributed by atoms with Crippen molar-refractivity contribution < 1.29 is 0 Å². The molecule has 0 radical (unpaired) electrons. The fourth-order valence-corrected chi connectivity index (χ4v) is 2.73. The van der Waals surface area contributed by atoms with Crippen LogP contribution in [-0.2, 0) is 0 Å². The van der Waals surface area contributed by atoms with Gasteiger partial charge in [-0.05, 0) is 26.7 Å². The molecule has 0 bridgehead atoms. The molecule has 0 saturated heterocycles. The van der Waals surface area contributed by atoms with Crippen molar-refractivity contribution in [1.29, 1.82) is 0 Å². The first-order valence-corrected chi connectivity index (χ1v) is 6.73. The Labute approximate surface area is 110 Å². The van der Waals surface area contributed by atoms with Crippen molar-refractivity contribution in [2.24, 2.45) is 0 Å². The summed E-state index contributed by atoms with van der Waals surface area (Å²) in [6, 6.07) is 1.04. The molecule has 0 heterocycles. The van der Waals surface area contributed by atoms with Crippen molar-refractivity contribution >= 4 is 34.4 Å². The van der Waals surface area contributed by atoms with Gasteiger partial charge in [0.05, 0.1) is 9.98 Å². The van der Waals surface area contributed by atoms with E-state index in [9.17, 15) is 0 Å². The molecule has 0 N–H and O–H groups in total. The molecule has 4 heteroatoms. The Morgan fingerprint density at radius 1 is 0.875 bits per heavy atom. The molecule has 1 aliphatic rings. The van der Waals surface area contributed by atoms with Crippen molar-refractivity contribution in [3.63, 3.8) is 0 Å². The predicted octanol–water partition coefficient (Wildman–Crippen LogP) is 2.86. The topological polar surface area (TPSA) is 6.48 Å². The third-order valence-corrected chi connectivity index (χ3v) is 4.26. The minimum Gasteiger partial charge on any atom is -0.364 e. The number of likely N-dealkylation sites (N-methyl/N-ethyl adjacent to an activating group) is 2. The van der Waals surface area contributed by atoms with Gasteiger partial charge in [-0.15, -0.1) is 0 Å². The molecular formula is C12H22N2S2. The molecule has 0 aromatic heterocycles. The van der Waals surface area contributed by atoms with E-state index in [0.717, 1.165) is 9.98 Å². The zero-order valence-corrected chi connectivity index (χ0v) is 12.3. The molecule has 1 fully saturated rings. The van der Waals surface area contributed by atoms with Crippen LogP contribution in [0.25, 0.3) is 0 Å². The molecule has 0 amide bonds. The van der Waals surface area contributed by atoms with Crippen LogP contribution in [0.4, 0.5) is 0 Å².